The van der Waals surface area contributed by atoms with E-state index < -0.39 is 35.9 Å². The highest BCUT2D eigenvalue weighted by molar-refractivity contribution is 6.60. The molecule has 0 radical (unpaired) electrons. The number of aliphatic hydroxyl groups excluding tert-OH is 3. The number of unbranched alkanes of at least 4 members (excludes halogenated alkanes) is 3. The lowest BCUT2D eigenvalue weighted by molar-refractivity contribution is 0.00286. The van der Waals surface area contributed by atoms with Gasteiger partial charge in [0.1, 0.15) is 0 Å². The Morgan fingerprint density at radius 1 is 0.564 bits per heavy atom. The average molecular weight is 833 g/mol. The Morgan fingerprint density at radius 2 is 1.15 bits per heavy atom. The lowest BCUT2D eigenvalue weighted by atomic mass is 10.0. The molecule has 0 amide bonds. The molecule has 0 bridgehead atoms. The van der Waals surface area contributed by atoms with E-state index in [0.717, 1.165) is 64.8 Å². The van der Waals surface area contributed by atoms with Gasteiger partial charge in [0.2, 0.25) is 0 Å². The van der Waals surface area contributed by atoms with Gasteiger partial charge < -0.3 is 72.4 Å². The van der Waals surface area contributed by atoms with Crippen molar-refractivity contribution in [2.45, 2.75) is 102 Å². The Morgan fingerprint density at radius 3 is 1.73 bits per heavy atom. The average Bonchev–Trinajstić information content (AvgIpc) is 3.19. The predicted octanol–water partition coefficient (Wildman–Crippen LogP) is 1.46. The molecule has 332 valence electrons. The van der Waals surface area contributed by atoms with Crippen LogP contribution in [0.3, 0.4) is 0 Å². The molecule has 0 aliphatic heterocycles. The minimum absolute atomic E-state index is 0.218. The summed E-state index contributed by atoms with van der Waals surface area (Å²) in [6.07, 6.45) is 7.30. The largest absolute Gasteiger partial charge is 0.500 e. The van der Waals surface area contributed by atoms with E-state index in [1.54, 1.807) is 21.3 Å². The van der Waals surface area contributed by atoms with Crippen molar-refractivity contribution in [2.24, 2.45) is 5.92 Å². The molecule has 0 saturated heterocycles. The van der Waals surface area contributed by atoms with E-state index in [1.165, 1.54) is 33.5 Å². The van der Waals surface area contributed by atoms with Crippen LogP contribution in [0.1, 0.15) is 71.6 Å². The van der Waals surface area contributed by atoms with Crippen molar-refractivity contribution >= 4 is 17.6 Å². The summed E-state index contributed by atoms with van der Waals surface area (Å²) >= 11 is 0. The molecule has 0 saturated carbocycles. The number of rotatable bonds is 43. The number of hydrogen-bond acceptors (Lipinski definition) is 16. The number of aliphatic hydroxyl groups is 3. The summed E-state index contributed by atoms with van der Waals surface area (Å²) in [6.45, 7) is 13.1. The monoisotopic (exact) mass is 833 g/mol. The lowest BCUT2D eigenvalue weighted by Gasteiger charge is -2.26. The van der Waals surface area contributed by atoms with Crippen LogP contribution in [0.5, 0.6) is 0 Å². The van der Waals surface area contributed by atoms with Crippen molar-refractivity contribution in [1.29, 1.82) is 0 Å². The summed E-state index contributed by atoms with van der Waals surface area (Å²) in [6, 6.07) is 1.07. The van der Waals surface area contributed by atoms with Crippen molar-refractivity contribution in [3.8, 4) is 0 Å². The fourth-order valence-corrected chi connectivity index (χ4v) is 8.80. The van der Waals surface area contributed by atoms with E-state index in [-0.39, 0.29) is 13.2 Å². The van der Waals surface area contributed by atoms with Crippen LogP contribution in [0, 0.1) is 5.92 Å². The summed E-state index contributed by atoms with van der Waals surface area (Å²) in [5.74, 6) is 0.545. The molecule has 7 N–H and O–H groups in total. The molecule has 0 aromatic carbocycles. The van der Waals surface area contributed by atoms with E-state index in [9.17, 15) is 20.1 Å². The normalized spacial score (nSPS) is 14.8. The fraction of sp³-hybridized carbons (Fsp3) is 1.00. The van der Waals surface area contributed by atoms with Crippen LogP contribution in [-0.2, 0) is 36.3 Å². The van der Waals surface area contributed by atoms with Gasteiger partial charge in [0.15, 0.2) is 0 Å². The third-order valence-corrected chi connectivity index (χ3v) is 14.7. The Hall–Kier alpha value is -0.206. The zero-order chi connectivity index (χ0) is 41.0. The highest BCUT2D eigenvalue weighted by Crippen LogP contribution is 2.15. The van der Waals surface area contributed by atoms with Gasteiger partial charge in [0.25, 0.3) is 0 Å². The first-order chi connectivity index (χ1) is 26.6. The maximum absolute atomic E-state index is 10.8. The third kappa shape index (κ3) is 30.5. The molecule has 55 heavy (non-hydrogen) atoms. The molecule has 0 aliphatic carbocycles. The van der Waals surface area contributed by atoms with Gasteiger partial charge in [-0.15, -0.1) is 0 Å². The summed E-state index contributed by atoms with van der Waals surface area (Å²) < 4.78 is 43.5. The smallest absolute Gasteiger partial charge is 0.390 e. The molecular formula is C37H84N4O12Si2. The molecular weight excluding hydrogens is 749 g/mol. The van der Waals surface area contributed by atoms with E-state index in [0.29, 0.717) is 77.0 Å². The lowest BCUT2D eigenvalue weighted by Crippen LogP contribution is -2.42. The minimum Gasteiger partial charge on any atom is -0.390 e. The highest BCUT2D eigenvalue weighted by atomic mass is 28.4. The topological polar surface area (TPSA) is 194 Å². The third-order valence-electron chi connectivity index (χ3n) is 9.59. The first-order valence-corrected chi connectivity index (χ1v) is 24.6. The SMILES string of the molecule is CCCCC(CC)COCC(O)CN(CCCCCNCC(O)COCCC[Si](OC)(OC)OC)CCNCCNCC(O)COCCC[Si](O)(OC)OC. The van der Waals surface area contributed by atoms with Crippen LogP contribution in [0.4, 0.5) is 0 Å². The molecule has 0 fully saturated rings. The van der Waals surface area contributed by atoms with Crippen LogP contribution in [-0.4, -0.2) is 195 Å². The Bertz CT molecular complexity index is 820. The summed E-state index contributed by atoms with van der Waals surface area (Å²) in [4.78, 5) is 12.4. The second kappa shape index (κ2) is 36.8. The van der Waals surface area contributed by atoms with Crippen LogP contribution in [0.2, 0.25) is 12.1 Å². The van der Waals surface area contributed by atoms with Gasteiger partial charge >= 0.3 is 17.6 Å². The highest BCUT2D eigenvalue weighted by Gasteiger charge is 2.37. The zero-order valence-electron chi connectivity index (χ0n) is 35.7. The fourth-order valence-electron chi connectivity index (χ4n) is 5.94. The van der Waals surface area contributed by atoms with Crippen molar-refractivity contribution in [3.63, 3.8) is 0 Å². The maximum Gasteiger partial charge on any atom is 0.500 e. The molecule has 4 unspecified atom stereocenters. The zero-order valence-corrected chi connectivity index (χ0v) is 37.7. The Labute approximate surface area is 336 Å². The molecule has 18 heteroatoms. The summed E-state index contributed by atoms with van der Waals surface area (Å²) in [7, 11) is 2.02. The van der Waals surface area contributed by atoms with Gasteiger partial charge in [-0.25, -0.2) is 0 Å². The first-order valence-electron chi connectivity index (χ1n) is 20.7. The van der Waals surface area contributed by atoms with E-state index in [1.807, 2.05) is 0 Å². The van der Waals surface area contributed by atoms with Crippen LogP contribution in [0.15, 0.2) is 0 Å². The van der Waals surface area contributed by atoms with Gasteiger partial charge in [0, 0.05) is 113 Å². The molecule has 0 rings (SSSR count). The van der Waals surface area contributed by atoms with Crippen LogP contribution >= 0.6 is 0 Å². The maximum atomic E-state index is 10.8. The standard InChI is InChI=1S/C37H84N4O12Si2/c1-8-10-16-34(9-2)30-53-33-37(44)29-41(22-20-38-18-19-40-28-36(43)32-51-23-14-25-54(45,46-3)47-4)21-13-11-12-17-39-27-35(42)31-52-24-15-26-55(48-5,49-6)50-7/h34-40,42-45H,8-33H2,1-7H3. The minimum atomic E-state index is -3.07. The molecule has 4 atom stereocenters. The first kappa shape index (κ1) is 54.8. The van der Waals surface area contributed by atoms with E-state index in [2.05, 4.69) is 34.7 Å². The van der Waals surface area contributed by atoms with Crippen molar-refractivity contribution < 1.29 is 56.5 Å². The van der Waals surface area contributed by atoms with Crippen molar-refractivity contribution in [2.75, 3.05) is 134 Å². The number of nitrogens with one attached hydrogen (secondary N) is 3. The van der Waals surface area contributed by atoms with E-state index in [4.69, 9.17) is 36.3 Å². The molecule has 16 nitrogen and oxygen atoms in total. The number of hydrogen-bond donors (Lipinski definition) is 7. The molecule has 0 aromatic rings. The van der Waals surface area contributed by atoms with Gasteiger partial charge in [-0.3, -0.25) is 4.90 Å². The molecule has 0 aromatic heterocycles. The second-order valence-corrected chi connectivity index (χ2v) is 20.0. The van der Waals surface area contributed by atoms with Gasteiger partial charge in [-0.05, 0) is 51.1 Å². The van der Waals surface area contributed by atoms with Gasteiger partial charge in [-0.1, -0.05) is 39.5 Å². The molecule has 0 spiro atoms. The van der Waals surface area contributed by atoms with Crippen LogP contribution < -0.4 is 16.0 Å². The molecule has 0 aliphatic rings. The Balaban J connectivity index is 4.39. The van der Waals surface area contributed by atoms with Crippen molar-refractivity contribution in [3.05, 3.63) is 0 Å². The summed E-state index contributed by atoms with van der Waals surface area (Å²) in [5, 5.41) is 41.4. The summed E-state index contributed by atoms with van der Waals surface area (Å²) in [5.41, 5.74) is 0. The quantitative estimate of drug-likeness (QED) is 0.0345. The van der Waals surface area contributed by atoms with E-state index >= 15 is 0 Å². The predicted molar refractivity (Wildman–Crippen MR) is 220 cm³/mol. The Kier molecular flexibility index (Phi) is 36.7. The number of nitrogens with zero attached hydrogens (tertiary/aromatic N) is 1. The van der Waals surface area contributed by atoms with Crippen LogP contribution in [0.25, 0.3) is 0 Å². The second-order valence-electron chi connectivity index (χ2n) is 14.2. The van der Waals surface area contributed by atoms with Gasteiger partial charge in [-0.2, -0.15) is 0 Å². The molecule has 0 heterocycles. The van der Waals surface area contributed by atoms with Gasteiger partial charge in [0.05, 0.1) is 38.1 Å². The van der Waals surface area contributed by atoms with Crippen molar-refractivity contribution in [1.82, 2.24) is 20.9 Å². The number of ether oxygens (including phenoxy) is 3.